The van der Waals surface area contributed by atoms with Gasteiger partial charge in [0.25, 0.3) is 0 Å². The van der Waals surface area contributed by atoms with Crippen LogP contribution >= 0.6 is 0 Å². The van der Waals surface area contributed by atoms with Crippen LogP contribution in [0.1, 0.15) is 11.3 Å². The predicted octanol–water partition coefficient (Wildman–Crippen LogP) is 2.30. The zero-order chi connectivity index (χ0) is 10.1. The van der Waals surface area contributed by atoms with Crippen LogP contribution in [0.5, 0.6) is 0 Å². The smallest absolute Gasteiger partial charge is 0.345 e. The Balaban J connectivity index is 0.00000112. The second-order valence-corrected chi connectivity index (χ2v) is 3.46. The van der Waals surface area contributed by atoms with Gasteiger partial charge < -0.3 is 4.68 Å². The fourth-order valence-electron chi connectivity index (χ4n) is 1.44. The van der Waals surface area contributed by atoms with Crippen molar-refractivity contribution in [1.29, 1.82) is 0 Å². The zero-order valence-corrected chi connectivity index (χ0v) is 12.0. The number of hydrogen-bond acceptors (Lipinski definition) is 1. The third-order valence-electron chi connectivity index (χ3n) is 2.15. The van der Waals surface area contributed by atoms with Crippen molar-refractivity contribution in [2.24, 2.45) is 7.05 Å². The van der Waals surface area contributed by atoms with E-state index >= 15 is 0 Å². The molecule has 0 aliphatic carbocycles. The molecule has 1 heterocycles. The van der Waals surface area contributed by atoms with E-state index in [0.717, 1.165) is 17.0 Å². The maximum absolute atomic E-state index is 4.25. The quantitative estimate of drug-likeness (QED) is 0.707. The van der Waals surface area contributed by atoms with Crippen LogP contribution in [0.4, 0.5) is 0 Å². The molecule has 0 saturated carbocycles. The monoisotopic (exact) mass is 368 g/mol. The van der Waals surface area contributed by atoms with E-state index in [0.29, 0.717) is 0 Å². The van der Waals surface area contributed by atoms with Gasteiger partial charge in [0, 0.05) is 7.05 Å². The van der Waals surface area contributed by atoms with Crippen LogP contribution in [-0.4, -0.2) is 9.78 Å². The Bertz CT molecular complexity index is 443. The molecule has 0 fully saturated rings. The summed E-state index contributed by atoms with van der Waals surface area (Å²) in [6.45, 7) is 4.00. The Labute approximate surface area is 105 Å². The number of nitrogens with zero attached hydrogens (tertiary/aromatic N) is 2. The van der Waals surface area contributed by atoms with Gasteiger partial charge in [0.2, 0.25) is 0 Å². The molecule has 0 radical (unpaired) electrons. The van der Waals surface area contributed by atoms with Crippen LogP contribution in [0.3, 0.4) is 0 Å². The number of rotatable bonds is 1. The summed E-state index contributed by atoms with van der Waals surface area (Å²) >= 11 is 0. The van der Waals surface area contributed by atoms with E-state index in [-0.39, 0.29) is 21.1 Å². The Morgan fingerprint density at radius 2 is 2.00 bits per heavy atom. The SMILES string of the molecule is Cc1c[c-]c(-c2[c-]c(C)nn2C)cc1.[W+2]. The van der Waals surface area contributed by atoms with Gasteiger partial charge in [0.05, 0.1) is 0 Å². The summed E-state index contributed by atoms with van der Waals surface area (Å²) in [7, 11) is 1.92. The average Bonchev–Trinajstić information content (AvgIpc) is 2.47. The van der Waals surface area contributed by atoms with Crippen LogP contribution in [0.2, 0.25) is 0 Å². The summed E-state index contributed by atoms with van der Waals surface area (Å²) in [6.07, 6.45) is 0. The maximum Gasteiger partial charge on any atom is 2.00 e. The summed E-state index contributed by atoms with van der Waals surface area (Å²) < 4.78 is 1.83. The summed E-state index contributed by atoms with van der Waals surface area (Å²) in [6, 6.07) is 12.5. The van der Waals surface area contributed by atoms with Crippen LogP contribution < -0.4 is 0 Å². The molecule has 3 heteroatoms. The molecule has 0 aliphatic heterocycles. The van der Waals surface area contributed by atoms with Gasteiger partial charge in [-0.3, -0.25) is 11.6 Å². The molecule has 15 heavy (non-hydrogen) atoms. The van der Waals surface area contributed by atoms with E-state index in [2.05, 4.69) is 30.2 Å². The average molecular weight is 368 g/mol. The molecular formula is C12H12N2W. The number of benzene rings is 1. The van der Waals surface area contributed by atoms with Crippen molar-refractivity contribution in [2.75, 3.05) is 0 Å². The second kappa shape index (κ2) is 4.76. The van der Waals surface area contributed by atoms with E-state index in [1.165, 1.54) is 5.56 Å². The summed E-state index contributed by atoms with van der Waals surface area (Å²) in [5, 5.41) is 4.25. The van der Waals surface area contributed by atoms with Crippen LogP contribution in [-0.2, 0) is 28.1 Å². The molecule has 0 atom stereocenters. The third-order valence-corrected chi connectivity index (χ3v) is 2.15. The van der Waals surface area contributed by atoms with E-state index in [1.807, 2.05) is 30.8 Å². The number of aryl methyl sites for hydroxylation is 3. The largest absolute Gasteiger partial charge is 2.00 e. The van der Waals surface area contributed by atoms with E-state index in [1.54, 1.807) is 0 Å². The molecule has 2 nitrogen and oxygen atoms in total. The Morgan fingerprint density at radius 1 is 1.27 bits per heavy atom. The van der Waals surface area contributed by atoms with E-state index in [4.69, 9.17) is 0 Å². The minimum Gasteiger partial charge on any atom is -0.345 e. The van der Waals surface area contributed by atoms with Crippen LogP contribution in [0.15, 0.2) is 18.2 Å². The van der Waals surface area contributed by atoms with Crippen molar-refractivity contribution in [3.05, 3.63) is 41.6 Å². The van der Waals surface area contributed by atoms with E-state index < -0.39 is 0 Å². The van der Waals surface area contributed by atoms with Crippen molar-refractivity contribution >= 4 is 0 Å². The molecule has 0 bridgehead atoms. The van der Waals surface area contributed by atoms with Gasteiger partial charge in [0.1, 0.15) is 0 Å². The Hall–Kier alpha value is -0.882. The molecule has 0 spiro atoms. The normalized spacial score (nSPS) is 9.80. The Kier molecular flexibility index (Phi) is 3.87. The minimum atomic E-state index is 0. The predicted molar refractivity (Wildman–Crippen MR) is 55.8 cm³/mol. The fraction of sp³-hybridized carbons (Fsp3) is 0.250. The molecule has 1 aromatic carbocycles. The molecule has 76 valence electrons. The first-order chi connectivity index (χ1) is 6.66. The molecule has 2 aromatic rings. The Morgan fingerprint density at radius 3 is 2.47 bits per heavy atom. The summed E-state index contributed by atoms with van der Waals surface area (Å²) in [4.78, 5) is 0. The molecule has 0 N–H and O–H groups in total. The molecule has 0 saturated heterocycles. The van der Waals surface area contributed by atoms with Crippen LogP contribution in [0.25, 0.3) is 11.3 Å². The van der Waals surface area contributed by atoms with Crippen molar-refractivity contribution in [1.82, 2.24) is 9.78 Å². The van der Waals surface area contributed by atoms with Gasteiger partial charge in [-0.1, -0.05) is 6.92 Å². The molecule has 1 aromatic heterocycles. The second-order valence-electron chi connectivity index (χ2n) is 3.46. The van der Waals surface area contributed by atoms with Crippen molar-refractivity contribution < 1.29 is 21.1 Å². The van der Waals surface area contributed by atoms with Gasteiger partial charge in [-0.25, -0.2) is 17.2 Å². The fourth-order valence-corrected chi connectivity index (χ4v) is 1.44. The van der Waals surface area contributed by atoms with Crippen molar-refractivity contribution in [3.63, 3.8) is 0 Å². The summed E-state index contributed by atoms with van der Waals surface area (Å²) in [5.74, 6) is 0. The molecule has 0 amide bonds. The van der Waals surface area contributed by atoms with Gasteiger partial charge in [-0.15, -0.1) is 5.56 Å². The maximum atomic E-state index is 4.25. The minimum absolute atomic E-state index is 0. The number of aromatic nitrogens is 2. The van der Waals surface area contributed by atoms with Gasteiger partial charge >= 0.3 is 21.1 Å². The molecule has 2 rings (SSSR count). The zero-order valence-electron chi connectivity index (χ0n) is 9.03. The molecule has 0 aliphatic rings. The standard InChI is InChI=1S/C12H12N2.W/c1-9-4-6-11(7-5-9)12-8-10(2)13-14(12)3;/h4-6H,1-3H3;/q-2;+2. The first-order valence-corrected chi connectivity index (χ1v) is 4.58. The molecular weight excluding hydrogens is 356 g/mol. The third kappa shape index (κ3) is 2.57. The van der Waals surface area contributed by atoms with Gasteiger partial charge in [-0.2, -0.15) is 17.8 Å². The first-order valence-electron chi connectivity index (χ1n) is 4.58. The van der Waals surface area contributed by atoms with Gasteiger partial charge in [-0.05, 0) is 12.6 Å². The van der Waals surface area contributed by atoms with Crippen molar-refractivity contribution in [2.45, 2.75) is 13.8 Å². The van der Waals surface area contributed by atoms with Crippen molar-refractivity contribution in [3.8, 4) is 11.3 Å². The van der Waals surface area contributed by atoms with Crippen LogP contribution in [0, 0.1) is 26.0 Å². The van der Waals surface area contributed by atoms with E-state index in [9.17, 15) is 0 Å². The first kappa shape index (κ1) is 12.2. The number of hydrogen-bond donors (Lipinski definition) is 0. The summed E-state index contributed by atoms with van der Waals surface area (Å²) in [5.41, 5.74) is 4.16. The topological polar surface area (TPSA) is 17.8 Å². The van der Waals surface area contributed by atoms with Gasteiger partial charge in [0.15, 0.2) is 0 Å². The molecule has 0 unspecified atom stereocenters.